The number of thiazole rings is 1. The molecule has 0 unspecified atom stereocenters. The molecule has 0 saturated heterocycles. The van der Waals surface area contributed by atoms with Crippen LogP contribution >= 0.6 is 35.3 Å². The zero-order valence-corrected chi connectivity index (χ0v) is 18.2. The maximum atomic E-state index is 5.17. The summed E-state index contributed by atoms with van der Waals surface area (Å²) in [5.41, 5.74) is 2.38. The monoisotopic (exact) mass is 474 g/mol. The van der Waals surface area contributed by atoms with Crippen molar-refractivity contribution in [3.8, 4) is 0 Å². The quantitative estimate of drug-likeness (QED) is 0.350. The van der Waals surface area contributed by atoms with Crippen LogP contribution in [0.15, 0.2) is 35.5 Å². The summed E-state index contributed by atoms with van der Waals surface area (Å²) in [6.07, 6.45) is 3.94. The van der Waals surface area contributed by atoms with E-state index in [0.29, 0.717) is 6.61 Å². The number of nitrogens with one attached hydrogen (secondary N) is 2. The largest absolute Gasteiger partial charge is 0.380 e. The average Bonchev–Trinajstić information content (AvgIpc) is 3.06. The first-order valence-corrected chi connectivity index (χ1v) is 9.01. The molecule has 0 aliphatic rings. The zero-order chi connectivity index (χ0) is 17.2. The second-order valence-corrected chi connectivity index (χ2v) is 6.63. The van der Waals surface area contributed by atoms with Crippen molar-refractivity contribution < 1.29 is 4.74 Å². The minimum absolute atomic E-state index is 0. The van der Waals surface area contributed by atoms with Gasteiger partial charge < -0.3 is 15.4 Å². The molecule has 1 heterocycles. The van der Waals surface area contributed by atoms with E-state index < -0.39 is 0 Å². The third-order valence-electron chi connectivity index (χ3n) is 3.57. The molecule has 0 spiro atoms. The molecule has 0 atom stereocenters. The van der Waals surface area contributed by atoms with Crippen molar-refractivity contribution >= 4 is 41.3 Å². The van der Waals surface area contributed by atoms with Gasteiger partial charge in [0.05, 0.1) is 11.6 Å². The molecule has 1 aromatic heterocycles. The highest BCUT2D eigenvalue weighted by Crippen LogP contribution is 2.13. The Kier molecular flexibility index (Phi) is 10.7. The molecule has 25 heavy (non-hydrogen) atoms. The summed E-state index contributed by atoms with van der Waals surface area (Å²) in [6, 6.07) is 8.36. The van der Waals surface area contributed by atoms with Gasteiger partial charge in [0.2, 0.25) is 0 Å². The predicted octanol–water partition coefficient (Wildman–Crippen LogP) is 3.38. The molecule has 0 aliphatic heterocycles. The van der Waals surface area contributed by atoms with E-state index in [4.69, 9.17) is 4.74 Å². The van der Waals surface area contributed by atoms with Gasteiger partial charge in [0, 0.05) is 44.7 Å². The molecule has 138 valence electrons. The van der Waals surface area contributed by atoms with Crippen LogP contribution in [-0.2, 0) is 30.7 Å². The van der Waals surface area contributed by atoms with E-state index in [1.807, 2.05) is 6.20 Å². The summed E-state index contributed by atoms with van der Waals surface area (Å²) in [5.74, 6) is 0.805. The Morgan fingerprint density at radius 3 is 2.76 bits per heavy atom. The first-order valence-electron chi connectivity index (χ1n) is 8.20. The van der Waals surface area contributed by atoms with Gasteiger partial charge >= 0.3 is 0 Å². The molecule has 0 fully saturated rings. The van der Waals surface area contributed by atoms with Crippen LogP contribution in [-0.4, -0.2) is 31.6 Å². The lowest BCUT2D eigenvalue weighted by atomic mass is 10.1. The molecular weight excluding hydrogens is 447 g/mol. The Hall–Kier alpha value is -1.19. The number of aliphatic imine (C=N–C) groups is 1. The fraction of sp³-hybridized carbons (Fsp3) is 0.444. The molecule has 0 aliphatic carbocycles. The zero-order valence-electron chi connectivity index (χ0n) is 15.0. The molecule has 0 amide bonds. The van der Waals surface area contributed by atoms with Gasteiger partial charge in [-0.05, 0) is 17.5 Å². The summed E-state index contributed by atoms with van der Waals surface area (Å²) >= 11 is 1.79. The van der Waals surface area contributed by atoms with E-state index in [9.17, 15) is 0 Å². The van der Waals surface area contributed by atoms with E-state index >= 15 is 0 Å². The van der Waals surface area contributed by atoms with Crippen LogP contribution in [0, 0.1) is 0 Å². The van der Waals surface area contributed by atoms with Gasteiger partial charge in [-0.2, -0.15) is 0 Å². The number of rotatable bonds is 8. The molecule has 5 nitrogen and oxygen atoms in total. The van der Waals surface area contributed by atoms with E-state index in [1.165, 1.54) is 21.0 Å². The molecule has 2 rings (SSSR count). The Morgan fingerprint density at radius 1 is 1.28 bits per heavy atom. The number of aromatic nitrogens is 1. The molecular formula is C18H27IN4OS. The second-order valence-electron chi connectivity index (χ2n) is 5.43. The Labute approximate surface area is 171 Å². The predicted molar refractivity (Wildman–Crippen MR) is 116 cm³/mol. The van der Waals surface area contributed by atoms with E-state index in [2.05, 4.69) is 51.8 Å². The van der Waals surface area contributed by atoms with Gasteiger partial charge in [-0.1, -0.05) is 31.2 Å². The van der Waals surface area contributed by atoms with Gasteiger partial charge in [0.1, 0.15) is 0 Å². The van der Waals surface area contributed by atoms with Crippen LogP contribution in [0.4, 0.5) is 0 Å². The van der Waals surface area contributed by atoms with Gasteiger partial charge in [-0.25, -0.2) is 4.98 Å². The molecule has 7 heteroatoms. The summed E-state index contributed by atoms with van der Waals surface area (Å²) in [7, 11) is 3.50. The minimum Gasteiger partial charge on any atom is -0.380 e. The van der Waals surface area contributed by atoms with Gasteiger partial charge in [-0.3, -0.25) is 4.99 Å². The molecule has 0 saturated carbocycles. The van der Waals surface area contributed by atoms with Crippen LogP contribution in [0.3, 0.4) is 0 Å². The summed E-state index contributed by atoms with van der Waals surface area (Å²) in [6.45, 7) is 4.34. The Morgan fingerprint density at radius 2 is 2.08 bits per heavy atom. The number of guanidine groups is 1. The van der Waals surface area contributed by atoms with Crippen molar-refractivity contribution in [2.24, 2.45) is 4.99 Å². The highest BCUT2D eigenvalue weighted by atomic mass is 127. The van der Waals surface area contributed by atoms with Gasteiger partial charge in [0.15, 0.2) is 5.96 Å². The molecule has 1 aromatic carbocycles. The number of hydrogen-bond donors (Lipinski definition) is 2. The second kappa shape index (κ2) is 12.2. The SMILES string of the molecule is CCc1cnc(CCNC(=NC)NCc2cccc(COC)c2)s1.I. The third-order valence-corrected chi connectivity index (χ3v) is 4.77. The Bertz CT molecular complexity index is 660. The van der Waals surface area contributed by atoms with Crippen LogP contribution in [0.25, 0.3) is 0 Å². The number of hydrogen-bond acceptors (Lipinski definition) is 4. The highest BCUT2D eigenvalue weighted by Gasteiger charge is 2.03. The number of methoxy groups -OCH3 is 1. The summed E-state index contributed by atoms with van der Waals surface area (Å²) in [4.78, 5) is 10.0. The Balaban J connectivity index is 0.00000312. The third kappa shape index (κ3) is 7.70. The molecule has 2 N–H and O–H groups in total. The normalized spacial score (nSPS) is 11.1. The minimum atomic E-state index is 0. The van der Waals surface area contributed by atoms with Crippen LogP contribution in [0.5, 0.6) is 0 Å². The van der Waals surface area contributed by atoms with Crippen molar-refractivity contribution in [3.63, 3.8) is 0 Å². The van der Waals surface area contributed by atoms with Crippen LogP contribution < -0.4 is 10.6 Å². The molecule has 0 radical (unpaired) electrons. The van der Waals surface area contributed by atoms with E-state index in [0.717, 1.165) is 31.9 Å². The van der Waals surface area contributed by atoms with Gasteiger partial charge in [-0.15, -0.1) is 35.3 Å². The van der Waals surface area contributed by atoms with E-state index in [1.54, 1.807) is 25.5 Å². The number of ether oxygens (including phenoxy) is 1. The maximum absolute atomic E-state index is 5.17. The lowest BCUT2D eigenvalue weighted by Gasteiger charge is -2.12. The summed E-state index contributed by atoms with van der Waals surface area (Å²) in [5, 5.41) is 7.84. The average molecular weight is 474 g/mol. The summed E-state index contributed by atoms with van der Waals surface area (Å²) < 4.78 is 5.17. The number of benzene rings is 1. The lowest BCUT2D eigenvalue weighted by molar-refractivity contribution is 0.185. The first kappa shape index (κ1) is 21.9. The maximum Gasteiger partial charge on any atom is 0.191 e. The fourth-order valence-corrected chi connectivity index (χ4v) is 3.18. The van der Waals surface area contributed by atoms with E-state index in [-0.39, 0.29) is 24.0 Å². The van der Waals surface area contributed by atoms with Crippen LogP contribution in [0.2, 0.25) is 0 Å². The van der Waals surface area contributed by atoms with Crippen molar-refractivity contribution in [2.45, 2.75) is 32.9 Å². The van der Waals surface area contributed by atoms with Crippen molar-refractivity contribution in [2.75, 3.05) is 20.7 Å². The van der Waals surface area contributed by atoms with Crippen molar-refractivity contribution in [1.82, 2.24) is 15.6 Å². The standard InChI is InChI=1S/C18H26N4OS.HI/c1-4-16-12-21-17(24-16)8-9-20-18(19-2)22-11-14-6-5-7-15(10-14)13-23-3;/h5-7,10,12H,4,8-9,11,13H2,1-3H3,(H2,19,20,22);1H. The fourth-order valence-electron chi connectivity index (χ4n) is 2.32. The number of aryl methyl sites for hydroxylation is 1. The highest BCUT2D eigenvalue weighted by molar-refractivity contribution is 14.0. The van der Waals surface area contributed by atoms with Crippen molar-refractivity contribution in [3.05, 3.63) is 51.5 Å². The molecule has 2 aromatic rings. The number of nitrogens with zero attached hydrogens (tertiary/aromatic N) is 2. The van der Waals surface area contributed by atoms with Gasteiger partial charge in [0.25, 0.3) is 0 Å². The first-order chi connectivity index (χ1) is 11.7. The smallest absolute Gasteiger partial charge is 0.191 e. The topological polar surface area (TPSA) is 58.5 Å². The number of halogens is 1. The van der Waals surface area contributed by atoms with Crippen LogP contribution in [0.1, 0.15) is 27.9 Å². The van der Waals surface area contributed by atoms with Crippen molar-refractivity contribution in [1.29, 1.82) is 0 Å². The molecule has 0 bridgehead atoms. The lowest BCUT2D eigenvalue weighted by Crippen LogP contribution is -2.37.